The zero-order valence-electron chi connectivity index (χ0n) is 26.9. The molecule has 1 atom stereocenters. The molecule has 0 aromatic heterocycles. The SMILES string of the molecule is CC(C)(C)C1=Cc2c(ccc(-c3ccccc3)c2-c2ccccc2-c2ccccc2)[CH]1[Zr]([Cl])([Cl])[c]1cccc2c1[SiH2]c1ccccc1-2. The van der Waals surface area contributed by atoms with Crippen molar-refractivity contribution < 1.29 is 17.9 Å². The van der Waals surface area contributed by atoms with Gasteiger partial charge in [0.05, 0.1) is 0 Å². The van der Waals surface area contributed by atoms with Crippen LogP contribution in [0.15, 0.2) is 145 Å². The first kappa shape index (κ1) is 31.0. The molecule has 6 aromatic carbocycles. The zero-order chi connectivity index (χ0) is 32.3. The number of fused-ring (bicyclic) bond motifs is 4. The molecule has 4 heteroatoms. The van der Waals surface area contributed by atoms with Crippen LogP contribution in [0.3, 0.4) is 0 Å². The number of hydrogen-bond donors (Lipinski definition) is 0. The standard InChI is InChI=1S/C31H27.C12H9Si.2ClH.Zr/c1-31(2,3)25-20-24-18-19-27(23-14-8-5-9-15-23)30(29(24)21-25)28-17-11-10-16-26(28)22-12-6-4-7-13-22;1-3-7-11-9(5-1)10-6-2-4-8-12(10)13-11;;;/h4-21H,1-3H3;1-7H,13H2;2*1H;/q;;;;+2/p-2. The van der Waals surface area contributed by atoms with Gasteiger partial charge in [-0.3, -0.25) is 0 Å². The second-order valence-corrected chi connectivity index (χ2v) is 29.7. The zero-order valence-corrected chi connectivity index (χ0v) is 32.3. The van der Waals surface area contributed by atoms with Crippen molar-refractivity contribution in [2.75, 3.05) is 0 Å². The van der Waals surface area contributed by atoms with Gasteiger partial charge in [-0.15, -0.1) is 0 Å². The van der Waals surface area contributed by atoms with E-state index in [2.05, 4.69) is 166 Å². The summed E-state index contributed by atoms with van der Waals surface area (Å²) in [5.74, 6) is 0. The topological polar surface area (TPSA) is 0 Å². The summed E-state index contributed by atoms with van der Waals surface area (Å²) >= 11 is -4.18. The molecule has 0 saturated carbocycles. The van der Waals surface area contributed by atoms with Crippen LogP contribution in [-0.4, -0.2) is 9.52 Å². The van der Waals surface area contributed by atoms with Gasteiger partial charge in [0.25, 0.3) is 0 Å². The molecule has 1 aliphatic heterocycles. The predicted molar refractivity (Wildman–Crippen MR) is 204 cm³/mol. The van der Waals surface area contributed by atoms with Crippen molar-refractivity contribution in [3.8, 4) is 44.5 Å². The molecule has 0 fully saturated rings. The number of halogens is 2. The normalized spacial score (nSPS) is 15.7. The molecule has 1 aliphatic carbocycles. The third kappa shape index (κ3) is 5.30. The Morgan fingerprint density at radius 3 is 1.81 bits per heavy atom. The van der Waals surface area contributed by atoms with E-state index in [1.54, 1.807) is 0 Å². The van der Waals surface area contributed by atoms with Crippen LogP contribution in [0.5, 0.6) is 0 Å². The van der Waals surface area contributed by atoms with Crippen molar-refractivity contribution in [1.29, 1.82) is 0 Å². The summed E-state index contributed by atoms with van der Waals surface area (Å²) in [6, 6.07) is 50.7. The van der Waals surface area contributed by atoms with Gasteiger partial charge in [0, 0.05) is 0 Å². The summed E-state index contributed by atoms with van der Waals surface area (Å²) in [6.45, 7) is 6.97. The first-order chi connectivity index (χ1) is 22.7. The van der Waals surface area contributed by atoms with E-state index in [0.717, 1.165) is 0 Å². The van der Waals surface area contributed by atoms with Gasteiger partial charge in [0.1, 0.15) is 0 Å². The molecule has 0 nitrogen and oxygen atoms in total. The summed E-state index contributed by atoms with van der Waals surface area (Å²) in [4.78, 5) is 0. The fourth-order valence-electron chi connectivity index (χ4n) is 7.83. The Morgan fingerprint density at radius 1 is 0.553 bits per heavy atom. The van der Waals surface area contributed by atoms with Crippen LogP contribution in [0.1, 0.15) is 35.5 Å². The molecule has 230 valence electrons. The second-order valence-electron chi connectivity index (χ2n) is 13.8. The van der Waals surface area contributed by atoms with Crippen molar-refractivity contribution in [3.63, 3.8) is 0 Å². The first-order valence-electron chi connectivity index (χ1n) is 16.4. The molecule has 0 radical (unpaired) electrons. The van der Waals surface area contributed by atoms with Crippen molar-refractivity contribution in [3.05, 3.63) is 156 Å². The second kappa shape index (κ2) is 12.0. The van der Waals surface area contributed by atoms with Crippen LogP contribution in [0.4, 0.5) is 0 Å². The molecular weight excluding hydrogens is 707 g/mol. The van der Waals surface area contributed by atoms with Gasteiger partial charge in [-0.1, -0.05) is 0 Å². The third-order valence-corrected chi connectivity index (χ3v) is 24.2. The van der Waals surface area contributed by atoms with Crippen LogP contribution in [0.2, 0.25) is 0 Å². The molecule has 0 amide bonds. The van der Waals surface area contributed by atoms with Gasteiger partial charge in [-0.05, 0) is 0 Å². The minimum atomic E-state index is -4.18. The van der Waals surface area contributed by atoms with E-state index in [0.29, 0.717) is 0 Å². The van der Waals surface area contributed by atoms with E-state index < -0.39 is 27.4 Å². The molecule has 47 heavy (non-hydrogen) atoms. The van der Waals surface area contributed by atoms with Gasteiger partial charge in [-0.25, -0.2) is 0 Å². The van der Waals surface area contributed by atoms with E-state index in [-0.39, 0.29) is 9.04 Å². The van der Waals surface area contributed by atoms with Crippen molar-refractivity contribution >= 4 is 46.3 Å². The van der Waals surface area contributed by atoms with Gasteiger partial charge >= 0.3 is 295 Å². The Morgan fingerprint density at radius 2 is 1.13 bits per heavy atom. The summed E-state index contributed by atoms with van der Waals surface area (Å²) in [5, 5.41) is 2.96. The molecule has 1 unspecified atom stereocenters. The van der Waals surface area contributed by atoms with E-state index in [1.165, 1.54) is 74.9 Å². The first-order valence-corrected chi connectivity index (χ1v) is 26.8. The maximum atomic E-state index is 8.06. The number of allylic oxidation sites excluding steroid dienone is 1. The Bertz CT molecular complexity index is 2180. The molecule has 6 aromatic rings. The molecule has 0 spiro atoms. The van der Waals surface area contributed by atoms with E-state index >= 15 is 0 Å². The molecule has 0 bridgehead atoms. The molecule has 2 aliphatic rings. The summed E-state index contributed by atoms with van der Waals surface area (Å²) in [5.41, 5.74) is 13.9. The van der Waals surface area contributed by atoms with Gasteiger partial charge in [-0.2, -0.15) is 0 Å². The van der Waals surface area contributed by atoms with Crippen LogP contribution >= 0.6 is 17.0 Å². The number of hydrogen-bond acceptors (Lipinski definition) is 0. The van der Waals surface area contributed by atoms with Crippen LogP contribution in [0.25, 0.3) is 50.6 Å². The van der Waals surface area contributed by atoms with E-state index in [4.69, 9.17) is 17.0 Å². The predicted octanol–water partition coefficient (Wildman–Crippen LogP) is 10.1. The molecule has 0 N–H and O–H groups in total. The molecular formula is C43H36Cl2SiZr. The Labute approximate surface area is 292 Å². The quantitative estimate of drug-likeness (QED) is 0.154. The summed E-state index contributed by atoms with van der Waals surface area (Å²) in [7, 11) is 15.4. The minimum absolute atomic E-state index is 0.000642. The molecule has 0 saturated heterocycles. The Balaban J connectivity index is 1.39. The summed E-state index contributed by atoms with van der Waals surface area (Å²) < 4.78 is 1.27. The number of benzene rings is 6. The van der Waals surface area contributed by atoms with Crippen LogP contribution < -0.4 is 13.6 Å². The van der Waals surface area contributed by atoms with Crippen molar-refractivity contribution in [2.45, 2.75) is 24.4 Å². The Hall–Kier alpha value is -3.26. The van der Waals surface area contributed by atoms with Crippen molar-refractivity contribution in [1.82, 2.24) is 0 Å². The van der Waals surface area contributed by atoms with Gasteiger partial charge < -0.3 is 0 Å². The summed E-state index contributed by atoms with van der Waals surface area (Å²) in [6.07, 6.45) is 2.47. The van der Waals surface area contributed by atoms with Crippen LogP contribution in [-0.2, 0) is 17.9 Å². The monoisotopic (exact) mass is 740 g/mol. The fourth-order valence-corrected chi connectivity index (χ4v) is 25.0. The fraction of sp³-hybridized carbons (Fsp3) is 0.116. The average molecular weight is 743 g/mol. The molecule has 1 heterocycles. The van der Waals surface area contributed by atoms with E-state index in [9.17, 15) is 0 Å². The van der Waals surface area contributed by atoms with Crippen LogP contribution in [0, 0.1) is 5.41 Å². The average Bonchev–Trinajstić information content (AvgIpc) is 3.69. The van der Waals surface area contributed by atoms with Gasteiger partial charge in [0.2, 0.25) is 0 Å². The third-order valence-electron chi connectivity index (χ3n) is 10.0. The van der Waals surface area contributed by atoms with Gasteiger partial charge in [0.15, 0.2) is 0 Å². The number of rotatable bonds is 5. The maximum absolute atomic E-state index is 8.06. The molecule has 8 rings (SSSR count). The van der Waals surface area contributed by atoms with E-state index in [1.807, 2.05) is 0 Å². The van der Waals surface area contributed by atoms with Crippen molar-refractivity contribution in [2.24, 2.45) is 5.41 Å². The Kier molecular flexibility index (Phi) is 7.93.